The minimum Gasteiger partial charge on any atom is -0.396 e. The fourth-order valence-electron chi connectivity index (χ4n) is 3.34. The third-order valence-corrected chi connectivity index (χ3v) is 4.71. The lowest BCUT2D eigenvalue weighted by molar-refractivity contribution is 0.117. The molecule has 22 heavy (non-hydrogen) atoms. The van der Waals surface area contributed by atoms with Crippen LogP contribution in [0, 0.1) is 0 Å². The lowest BCUT2D eigenvalue weighted by Crippen LogP contribution is -2.43. The number of H-pyrrole nitrogens is 1. The lowest BCUT2D eigenvalue weighted by atomic mass is 9.89. The maximum atomic E-state index is 8.95. The van der Waals surface area contributed by atoms with E-state index in [0.717, 1.165) is 32.6 Å². The van der Waals surface area contributed by atoms with Crippen molar-refractivity contribution in [2.24, 2.45) is 0 Å². The van der Waals surface area contributed by atoms with Gasteiger partial charge < -0.3 is 10.0 Å². The molecular weight excluding hydrogens is 276 g/mol. The number of nitrogens with zero attached hydrogens (tertiary/aromatic N) is 3. The number of piperidine rings is 1. The summed E-state index contributed by atoms with van der Waals surface area (Å²) in [5.74, 6) is 0. The number of hydrogen-bond donors (Lipinski definition) is 2. The van der Waals surface area contributed by atoms with Crippen LogP contribution < -0.4 is 0 Å². The standard InChI is InChI=1S/C17H32N4O/c1-17(2,3)16-14(12-18-19-16)13-21-9-6-15(7-10-21)20(4)8-5-11-22/h12,15,22H,5-11,13H2,1-4H3,(H,18,19). The molecule has 5 nitrogen and oxygen atoms in total. The van der Waals surface area contributed by atoms with Crippen molar-refractivity contribution < 1.29 is 5.11 Å². The van der Waals surface area contributed by atoms with Crippen molar-refractivity contribution in [3.05, 3.63) is 17.5 Å². The molecule has 1 aromatic rings. The number of rotatable bonds is 6. The first-order chi connectivity index (χ1) is 10.4. The van der Waals surface area contributed by atoms with Crippen molar-refractivity contribution in [1.29, 1.82) is 0 Å². The summed E-state index contributed by atoms with van der Waals surface area (Å²) in [7, 11) is 2.18. The summed E-state index contributed by atoms with van der Waals surface area (Å²) in [5.41, 5.74) is 2.71. The van der Waals surface area contributed by atoms with Crippen molar-refractivity contribution >= 4 is 0 Å². The van der Waals surface area contributed by atoms with E-state index in [4.69, 9.17) is 5.11 Å². The molecule has 0 radical (unpaired) electrons. The molecular formula is C17H32N4O. The first kappa shape index (κ1) is 17.4. The SMILES string of the molecule is CN(CCCO)C1CCN(Cc2cn[nH]c2C(C)(C)C)CC1. The first-order valence-corrected chi connectivity index (χ1v) is 8.48. The Bertz CT molecular complexity index is 444. The number of aromatic nitrogens is 2. The van der Waals surface area contributed by atoms with E-state index in [2.05, 4.69) is 47.8 Å². The molecule has 2 N–H and O–H groups in total. The van der Waals surface area contributed by atoms with Gasteiger partial charge in [0, 0.05) is 42.4 Å². The number of aliphatic hydroxyl groups is 1. The zero-order valence-electron chi connectivity index (χ0n) is 14.6. The van der Waals surface area contributed by atoms with Crippen LogP contribution in [0.2, 0.25) is 0 Å². The molecule has 0 unspecified atom stereocenters. The van der Waals surface area contributed by atoms with Gasteiger partial charge in [-0.1, -0.05) is 20.8 Å². The zero-order valence-corrected chi connectivity index (χ0v) is 14.6. The van der Waals surface area contributed by atoms with Crippen LogP contribution in [0.4, 0.5) is 0 Å². The van der Waals surface area contributed by atoms with E-state index in [1.807, 2.05) is 6.20 Å². The summed E-state index contributed by atoms with van der Waals surface area (Å²) in [4.78, 5) is 4.95. The van der Waals surface area contributed by atoms with E-state index in [1.54, 1.807) is 0 Å². The molecule has 0 spiro atoms. The molecule has 0 aromatic carbocycles. The maximum Gasteiger partial charge on any atom is 0.0535 e. The highest BCUT2D eigenvalue weighted by molar-refractivity contribution is 5.23. The minimum atomic E-state index is 0.120. The Morgan fingerprint density at radius 3 is 2.64 bits per heavy atom. The molecule has 5 heteroatoms. The predicted molar refractivity (Wildman–Crippen MR) is 89.9 cm³/mol. The van der Waals surface area contributed by atoms with Crippen LogP contribution in [0.1, 0.15) is 51.3 Å². The Morgan fingerprint density at radius 1 is 1.36 bits per heavy atom. The summed E-state index contributed by atoms with van der Waals surface area (Å²) in [6, 6.07) is 0.661. The van der Waals surface area contributed by atoms with Gasteiger partial charge in [-0.25, -0.2) is 0 Å². The molecule has 0 bridgehead atoms. The van der Waals surface area contributed by atoms with Crippen LogP contribution in [0.25, 0.3) is 0 Å². The van der Waals surface area contributed by atoms with Crippen molar-refractivity contribution in [2.45, 2.75) is 58.0 Å². The monoisotopic (exact) mass is 308 g/mol. The molecule has 0 saturated carbocycles. The van der Waals surface area contributed by atoms with Gasteiger partial charge in [0.05, 0.1) is 6.20 Å². The zero-order chi connectivity index (χ0) is 16.2. The smallest absolute Gasteiger partial charge is 0.0535 e. The van der Waals surface area contributed by atoms with E-state index in [9.17, 15) is 0 Å². The Hall–Kier alpha value is -0.910. The van der Waals surface area contributed by atoms with E-state index in [-0.39, 0.29) is 5.41 Å². The second-order valence-corrected chi connectivity index (χ2v) is 7.59. The predicted octanol–water partition coefficient (Wildman–Crippen LogP) is 1.99. The van der Waals surface area contributed by atoms with Gasteiger partial charge in [0.25, 0.3) is 0 Å². The number of aliphatic hydroxyl groups excluding tert-OH is 1. The molecule has 1 saturated heterocycles. The topological polar surface area (TPSA) is 55.4 Å². The summed E-state index contributed by atoms with van der Waals surface area (Å²) in [6.45, 7) is 11.3. The Balaban J connectivity index is 1.84. The van der Waals surface area contributed by atoms with E-state index in [1.165, 1.54) is 24.1 Å². The van der Waals surface area contributed by atoms with Crippen molar-refractivity contribution in [2.75, 3.05) is 33.3 Å². The summed E-state index contributed by atoms with van der Waals surface area (Å²) < 4.78 is 0. The molecule has 0 atom stereocenters. The first-order valence-electron chi connectivity index (χ1n) is 8.48. The van der Waals surface area contributed by atoms with E-state index < -0.39 is 0 Å². The minimum absolute atomic E-state index is 0.120. The summed E-state index contributed by atoms with van der Waals surface area (Å²) in [6.07, 6.45) is 5.29. The number of nitrogens with one attached hydrogen (secondary N) is 1. The molecule has 2 rings (SSSR count). The maximum absolute atomic E-state index is 8.95. The highest BCUT2D eigenvalue weighted by atomic mass is 16.3. The van der Waals surface area contributed by atoms with Gasteiger partial charge >= 0.3 is 0 Å². The van der Waals surface area contributed by atoms with Gasteiger partial charge in [-0.3, -0.25) is 10.00 Å². The molecule has 2 heterocycles. The van der Waals surface area contributed by atoms with Gasteiger partial charge in [-0.05, 0) is 39.4 Å². The molecule has 1 aromatic heterocycles. The summed E-state index contributed by atoms with van der Waals surface area (Å²) in [5, 5.41) is 16.4. The third-order valence-electron chi connectivity index (χ3n) is 4.71. The van der Waals surface area contributed by atoms with Gasteiger partial charge in [-0.15, -0.1) is 0 Å². The highest BCUT2D eigenvalue weighted by Crippen LogP contribution is 2.25. The number of aromatic amines is 1. The van der Waals surface area contributed by atoms with Crippen LogP contribution >= 0.6 is 0 Å². The van der Waals surface area contributed by atoms with Crippen molar-refractivity contribution in [1.82, 2.24) is 20.0 Å². The van der Waals surface area contributed by atoms with Crippen LogP contribution in [0.15, 0.2) is 6.20 Å². The molecule has 1 fully saturated rings. The highest BCUT2D eigenvalue weighted by Gasteiger charge is 2.25. The largest absolute Gasteiger partial charge is 0.396 e. The molecule has 1 aliphatic heterocycles. The van der Waals surface area contributed by atoms with Crippen molar-refractivity contribution in [3.8, 4) is 0 Å². The van der Waals surface area contributed by atoms with Gasteiger partial charge in [0.1, 0.15) is 0 Å². The average Bonchev–Trinajstić information content (AvgIpc) is 2.94. The van der Waals surface area contributed by atoms with E-state index in [0.29, 0.717) is 12.6 Å². The molecule has 0 aliphatic carbocycles. The summed E-state index contributed by atoms with van der Waals surface area (Å²) >= 11 is 0. The fourth-order valence-corrected chi connectivity index (χ4v) is 3.34. The second kappa shape index (κ2) is 7.57. The Kier molecular flexibility index (Phi) is 6.01. The Labute approximate surface area is 134 Å². The molecule has 1 aliphatic rings. The van der Waals surface area contributed by atoms with E-state index >= 15 is 0 Å². The quantitative estimate of drug-likeness (QED) is 0.844. The van der Waals surface area contributed by atoms with Gasteiger partial charge in [-0.2, -0.15) is 5.10 Å². The lowest BCUT2D eigenvalue weighted by Gasteiger charge is -2.37. The van der Waals surface area contributed by atoms with Gasteiger partial charge in [0.2, 0.25) is 0 Å². The Morgan fingerprint density at radius 2 is 2.05 bits per heavy atom. The fraction of sp³-hybridized carbons (Fsp3) is 0.824. The number of hydrogen-bond acceptors (Lipinski definition) is 4. The molecule has 0 amide bonds. The number of likely N-dealkylation sites (tertiary alicyclic amines) is 1. The second-order valence-electron chi connectivity index (χ2n) is 7.59. The molecule has 126 valence electrons. The van der Waals surface area contributed by atoms with Crippen LogP contribution in [-0.4, -0.2) is 64.4 Å². The normalized spacial score (nSPS) is 18.3. The third kappa shape index (κ3) is 4.54. The van der Waals surface area contributed by atoms with Crippen molar-refractivity contribution in [3.63, 3.8) is 0 Å². The van der Waals surface area contributed by atoms with Crippen LogP contribution in [0.3, 0.4) is 0 Å². The van der Waals surface area contributed by atoms with Gasteiger partial charge in [0.15, 0.2) is 0 Å². The van der Waals surface area contributed by atoms with Crippen LogP contribution in [0.5, 0.6) is 0 Å². The van der Waals surface area contributed by atoms with Crippen LogP contribution in [-0.2, 0) is 12.0 Å². The average molecular weight is 308 g/mol.